The fraction of sp³-hybridized carbons (Fsp3) is 0.750. The molecule has 1 unspecified atom stereocenters. The van der Waals surface area contributed by atoms with Gasteiger partial charge in [-0.05, 0) is 43.4 Å². The Morgan fingerprint density at radius 2 is 2.16 bits per heavy atom. The van der Waals surface area contributed by atoms with Gasteiger partial charge in [0.1, 0.15) is 0 Å². The van der Waals surface area contributed by atoms with Gasteiger partial charge in [-0.2, -0.15) is 11.8 Å². The van der Waals surface area contributed by atoms with Crippen molar-refractivity contribution in [3.05, 3.63) is 23.5 Å². The minimum absolute atomic E-state index is 0.217. The number of rotatable bonds is 3. The number of nitrogens with zero attached hydrogens (tertiary/aromatic N) is 1. The molecular formula is C16H25NOS. The molecule has 0 saturated heterocycles. The molecule has 0 amide bonds. The summed E-state index contributed by atoms with van der Waals surface area (Å²) in [7, 11) is 0. The maximum absolute atomic E-state index is 10.3. The number of aliphatic hydroxyl groups excluding tert-OH is 1. The predicted octanol–water partition coefficient (Wildman–Crippen LogP) is 3.78. The lowest BCUT2D eigenvalue weighted by molar-refractivity contribution is 0.0975. The summed E-state index contributed by atoms with van der Waals surface area (Å²) in [6.45, 7) is 5.65. The Bertz CT molecular complexity index is 468. The second-order valence-corrected chi connectivity index (χ2v) is 8.42. The zero-order valence-corrected chi connectivity index (χ0v) is 13.1. The zero-order chi connectivity index (χ0) is 13.7. The predicted molar refractivity (Wildman–Crippen MR) is 81.6 cm³/mol. The third kappa shape index (κ3) is 2.36. The van der Waals surface area contributed by atoms with E-state index in [2.05, 4.69) is 36.9 Å². The minimum Gasteiger partial charge on any atom is -0.388 e. The van der Waals surface area contributed by atoms with Crippen molar-refractivity contribution >= 4 is 11.8 Å². The Kier molecular flexibility index (Phi) is 3.25. The maximum Gasteiger partial charge on any atom is 0.0812 e. The molecule has 0 bridgehead atoms. The van der Waals surface area contributed by atoms with Crippen LogP contribution in [0.5, 0.6) is 0 Å². The van der Waals surface area contributed by atoms with E-state index in [0.717, 1.165) is 19.4 Å². The largest absolute Gasteiger partial charge is 0.388 e. The molecule has 1 aromatic heterocycles. The lowest BCUT2D eigenvalue weighted by Crippen LogP contribution is -2.38. The molecule has 106 valence electrons. The van der Waals surface area contributed by atoms with Crippen LogP contribution < -0.4 is 0 Å². The third-order valence-electron chi connectivity index (χ3n) is 5.02. The normalized spacial score (nSPS) is 27.7. The number of hydrogen-bond donors (Lipinski definition) is 1. The van der Waals surface area contributed by atoms with Crippen LogP contribution in [0.2, 0.25) is 0 Å². The van der Waals surface area contributed by atoms with E-state index in [0.29, 0.717) is 4.75 Å². The second kappa shape index (κ2) is 4.56. The van der Waals surface area contributed by atoms with Crippen molar-refractivity contribution in [1.29, 1.82) is 0 Å². The van der Waals surface area contributed by atoms with E-state index < -0.39 is 0 Å². The molecule has 0 aromatic carbocycles. The van der Waals surface area contributed by atoms with Crippen molar-refractivity contribution in [1.82, 2.24) is 4.57 Å². The molecule has 1 N–H and O–H groups in total. The molecule has 3 heteroatoms. The zero-order valence-electron chi connectivity index (χ0n) is 12.3. The first kappa shape index (κ1) is 13.6. The van der Waals surface area contributed by atoms with E-state index in [1.807, 2.05) is 11.8 Å². The van der Waals surface area contributed by atoms with Crippen LogP contribution >= 0.6 is 11.8 Å². The average molecular weight is 279 g/mol. The van der Waals surface area contributed by atoms with Crippen molar-refractivity contribution in [3.8, 4) is 0 Å². The van der Waals surface area contributed by atoms with Crippen LogP contribution in [0.1, 0.15) is 56.9 Å². The first-order chi connectivity index (χ1) is 8.95. The highest BCUT2D eigenvalue weighted by Gasteiger charge is 2.39. The summed E-state index contributed by atoms with van der Waals surface area (Å²) in [6, 6.07) is 2.14. The van der Waals surface area contributed by atoms with Gasteiger partial charge in [-0.3, -0.25) is 0 Å². The molecule has 1 heterocycles. The molecule has 0 aliphatic heterocycles. The number of fused-ring (bicyclic) bond motifs is 1. The number of aromatic nitrogens is 1. The van der Waals surface area contributed by atoms with Gasteiger partial charge < -0.3 is 9.67 Å². The van der Waals surface area contributed by atoms with Crippen molar-refractivity contribution in [3.63, 3.8) is 0 Å². The molecule has 0 radical (unpaired) electrons. The van der Waals surface area contributed by atoms with Gasteiger partial charge in [0.05, 0.1) is 6.10 Å². The summed E-state index contributed by atoms with van der Waals surface area (Å²) in [5, 5.41) is 10.3. The van der Waals surface area contributed by atoms with E-state index in [4.69, 9.17) is 0 Å². The molecule has 1 fully saturated rings. The Hall–Kier alpha value is -0.410. The van der Waals surface area contributed by atoms with E-state index in [1.54, 1.807) is 0 Å². The van der Waals surface area contributed by atoms with Gasteiger partial charge in [-0.1, -0.05) is 20.3 Å². The summed E-state index contributed by atoms with van der Waals surface area (Å²) in [5.74, 6) is 0. The Morgan fingerprint density at radius 3 is 2.74 bits per heavy atom. The van der Waals surface area contributed by atoms with E-state index >= 15 is 0 Å². The van der Waals surface area contributed by atoms with Crippen LogP contribution in [0.4, 0.5) is 0 Å². The standard InChI is InChI=1S/C16H25NOS/c1-15(2)9-13-12(14(18)10-15)5-8-17(13)11-16(19-3)6-4-7-16/h5,8,14,18H,4,6-7,9-11H2,1-3H3. The van der Waals surface area contributed by atoms with Crippen LogP contribution in [-0.2, 0) is 13.0 Å². The first-order valence-electron chi connectivity index (χ1n) is 7.36. The topological polar surface area (TPSA) is 25.2 Å². The molecule has 1 saturated carbocycles. The minimum atomic E-state index is -0.272. The summed E-state index contributed by atoms with van der Waals surface area (Å²) in [5.41, 5.74) is 2.77. The molecule has 1 aromatic rings. The third-order valence-corrected chi connectivity index (χ3v) is 6.42. The smallest absolute Gasteiger partial charge is 0.0812 e. The fourth-order valence-corrected chi connectivity index (χ4v) is 4.61. The molecular weight excluding hydrogens is 254 g/mol. The second-order valence-electron chi connectivity index (χ2n) is 7.15. The molecule has 2 nitrogen and oxygen atoms in total. The van der Waals surface area contributed by atoms with Crippen LogP contribution in [0.25, 0.3) is 0 Å². The van der Waals surface area contributed by atoms with Gasteiger partial charge >= 0.3 is 0 Å². The SMILES string of the molecule is CSC1(Cn2ccc3c2CC(C)(C)CC3O)CCC1. The summed E-state index contributed by atoms with van der Waals surface area (Å²) in [4.78, 5) is 0. The molecule has 0 spiro atoms. The van der Waals surface area contributed by atoms with Crippen LogP contribution in [0, 0.1) is 5.41 Å². The molecule has 2 aliphatic carbocycles. The maximum atomic E-state index is 10.3. The van der Waals surface area contributed by atoms with Crippen LogP contribution in [-0.4, -0.2) is 20.7 Å². The van der Waals surface area contributed by atoms with Gasteiger partial charge in [0.2, 0.25) is 0 Å². The summed E-state index contributed by atoms with van der Waals surface area (Å²) < 4.78 is 2.88. The van der Waals surface area contributed by atoms with Gasteiger partial charge in [-0.15, -0.1) is 0 Å². The lowest BCUT2D eigenvalue weighted by Gasteiger charge is -2.42. The van der Waals surface area contributed by atoms with Gasteiger partial charge in [-0.25, -0.2) is 0 Å². The van der Waals surface area contributed by atoms with Gasteiger partial charge in [0.25, 0.3) is 0 Å². The van der Waals surface area contributed by atoms with Crippen molar-refractivity contribution in [2.24, 2.45) is 5.41 Å². The summed E-state index contributed by atoms with van der Waals surface area (Å²) in [6.07, 6.45) is 10.2. The van der Waals surface area contributed by atoms with Crippen LogP contribution in [0.3, 0.4) is 0 Å². The number of thioether (sulfide) groups is 1. The highest BCUT2D eigenvalue weighted by Crippen LogP contribution is 2.46. The van der Waals surface area contributed by atoms with E-state index in [9.17, 15) is 5.11 Å². The van der Waals surface area contributed by atoms with E-state index in [-0.39, 0.29) is 11.5 Å². The quantitative estimate of drug-likeness (QED) is 0.911. The Morgan fingerprint density at radius 1 is 1.42 bits per heavy atom. The van der Waals surface area contributed by atoms with Crippen molar-refractivity contribution in [2.45, 2.75) is 63.3 Å². The highest BCUT2D eigenvalue weighted by molar-refractivity contribution is 8.00. The lowest BCUT2D eigenvalue weighted by atomic mass is 9.75. The van der Waals surface area contributed by atoms with Crippen molar-refractivity contribution in [2.75, 3.05) is 6.26 Å². The van der Waals surface area contributed by atoms with Crippen LogP contribution in [0.15, 0.2) is 12.3 Å². The van der Waals surface area contributed by atoms with Gasteiger partial charge in [0, 0.05) is 28.7 Å². The monoisotopic (exact) mass is 279 g/mol. The molecule has 3 rings (SSSR count). The van der Waals surface area contributed by atoms with Gasteiger partial charge in [0.15, 0.2) is 0 Å². The average Bonchev–Trinajstić information content (AvgIpc) is 2.65. The Balaban J connectivity index is 1.88. The highest BCUT2D eigenvalue weighted by atomic mass is 32.2. The molecule has 1 atom stereocenters. The molecule has 2 aliphatic rings. The number of hydrogen-bond acceptors (Lipinski definition) is 2. The fourth-order valence-electron chi connectivity index (χ4n) is 3.64. The Labute approximate surface area is 120 Å². The number of aliphatic hydroxyl groups is 1. The summed E-state index contributed by atoms with van der Waals surface area (Å²) >= 11 is 2.03. The molecule has 19 heavy (non-hydrogen) atoms. The first-order valence-corrected chi connectivity index (χ1v) is 8.58. The van der Waals surface area contributed by atoms with E-state index in [1.165, 1.54) is 30.5 Å². The van der Waals surface area contributed by atoms with Crippen molar-refractivity contribution < 1.29 is 5.11 Å².